The van der Waals surface area contributed by atoms with Gasteiger partial charge in [0.2, 0.25) is 0 Å². The van der Waals surface area contributed by atoms with Crippen LogP contribution in [-0.2, 0) is 0 Å². The number of carbonyl (C=O) groups excluding carboxylic acids is 2. The van der Waals surface area contributed by atoms with Gasteiger partial charge in [-0.15, -0.1) is 0 Å². The third kappa shape index (κ3) is 4.32. The van der Waals surface area contributed by atoms with E-state index in [4.69, 9.17) is 10.2 Å². The number of amides is 2. The Kier molecular flexibility index (Phi) is 6.14. The van der Waals surface area contributed by atoms with Crippen LogP contribution in [0.4, 0.5) is 0 Å². The van der Waals surface area contributed by atoms with Gasteiger partial charge >= 0.3 is 0 Å². The van der Waals surface area contributed by atoms with Crippen molar-refractivity contribution in [3.63, 3.8) is 0 Å². The van der Waals surface area contributed by atoms with Crippen LogP contribution in [0.25, 0.3) is 0 Å². The highest BCUT2D eigenvalue weighted by Gasteiger charge is 2.18. The van der Waals surface area contributed by atoms with E-state index >= 15 is 0 Å². The smallest absolute Gasteiger partial charge is 0.252 e. The molecule has 0 fully saturated rings. The van der Waals surface area contributed by atoms with Crippen molar-refractivity contribution in [1.82, 2.24) is 10.6 Å². The van der Waals surface area contributed by atoms with Gasteiger partial charge in [0.1, 0.15) is 0 Å². The molecule has 0 aliphatic heterocycles. The maximum Gasteiger partial charge on any atom is 0.252 e. The molecule has 1 aromatic carbocycles. The molecule has 0 aliphatic carbocycles. The maximum absolute atomic E-state index is 12.0. The van der Waals surface area contributed by atoms with E-state index in [1.165, 1.54) is 12.1 Å². The molecule has 20 heavy (non-hydrogen) atoms. The van der Waals surface area contributed by atoms with E-state index in [2.05, 4.69) is 10.6 Å². The monoisotopic (exact) mass is 280 g/mol. The molecule has 6 nitrogen and oxygen atoms in total. The van der Waals surface area contributed by atoms with Gasteiger partial charge in [-0.2, -0.15) is 0 Å². The van der Waals surface area contributed by atoms with E-state index in [0.717, 1.165) is 0 Å². The Morgan fingerprint density at radius 2 is 1.30 bits per heavy atom. The summed E-state index contributed by atoms with van der Waals surface area (Å²) in [4.78, 5) is 24.1. The van der Waals surface area contributed by atoms with Gasteiger partial charge in [-0.25, -0.2) is 0 Å². The van der Waals surface area contributed by atoms with Gasteiger partial charge in [-0.05, 0) is 26.0 Å². The fourth-order valence-electron chi connectivity index (χ4n) is 1.57. The SMILES string of the molecule is C[C@H](CO)NC(=O)c1ccccc1C(=O)N[C@@H](C)CO. The number of hydrogen-bond donors (Lipinski definition) is 4. The second-order valence-electron chi connectivity index (χ2n) is 4.66. The Bertz CT molecular complexity index is 433. The van der Waals surface area contributed by atoms with E-state index in [1.807, 2.05) is 0 Å². The lowest BCUT2D eigenvalue weighted by Gasteiger charge is -2.15. The average Bonchev–Trinajstić information content (AvgIpc) is 2.46. The number of aliphatic hydroxyl groups is 2. The summed E-state index contributed by atoms with van der Waals surface area (Å²) in [7, 11) is 0. The zero-order chi connectivity index (χ0) is 15.1. The zero-order valence-electron chi connectivity index (χ0n) is 11.6. The first kappa shape index (κ1) is 16.1. The van der Waals surface area contributed by atoms with E-state index in [0.29, 0.717) is 0 Å². The quantitative estimate of drug-likeness (QED) is 0.585. The van der Waals surface area contributed by atoms with Crippen molar-refractivity contribution < 1.29 is 19.8 Å². The molecular formula is C14H20N2O4. The zero-order valence-corrected chi connectivity index (χ0v) is 11.6. The Hall–Kier alpha value is -1.92. The van der Waals surface area contributed by atoms with Crippen molar-refractivity contribution in [2.24, 2.45) is 0 Å². The van der Waals surface area contributed by atoms with Crippen molar-refractivity contribution in [3.05, 3.63) is 35.4 Å². The highest BCUT2D eigenvalue weighted by Crippen LogP contribution is 2.09. The Morgan fingerprint density at radius 3 is 1.60 bits per heavy atom. The van der Waals surface area contributed by atoms with Gasteiger partial charge in [0, 0.05) is 12.1 Å². The van der Waals surface area contributed by atoms with Gasteiger partial charge in [0.25, 0.3) is 11.8 Å². The van der Waals surface area contributed by atoms with Crippen molar-refractivity contribution in [3.8, 4) is 0 Å². The molecule has 0 bridgehead atoms. The van der Waals surface area contributed by atoms with Crippen LogP contribution in [0.1, 0.15) is 34.6 Å². The highest BCUT2D eigenvalue weighted by atomic mass is 16.3. The summed E-state index contributed by atoms with van der Waals surface area (Å²) in [5, 5.41) is 23.1. The summed E-state index contributed by atoms with van der Waals surface area (Å²) in [6, 6.07) is 5.61. The van der Waals surface area contributed by atoms with Crippen molar-refractivity contribution in [1.29, 1.82) is 0 Å². The minimum absolute atomic E-state index is 0.179. The number of carbonyl (C=O) groups is 2. The maximum atomic E-state index is 12.0. The van der Waals surface area contributed by atoms with Crippen LogP contribution in [-0.4, -0.2) is 47.3 Å². The molecule has 0 unspecified atom stereocenters. The van der Waals surface area contributed by atoms with Crippen LogP contribution in [0.5, 0.6) is 0 Å². The summed E-state index contributed by atoms with van der Waals surface area (Å²) in [5.74, 6) is -0.845. The van der Waals surface area contributed by atoms with E-state index in [1.54, 1.807) is 26.0 Å². The molecule has 2 amide bonds. The fraction of sp³-hybridized carbons (Fsp3) is 0.429. The molecular weight excluding hydrogens is 260 g/mol. The Morgan fingerprint density at radius 1 is 0.950 bits per heavy atom. The third-order valence-electron chi connectivity index (χ3n) is 2.72. The van der Waals surface area contributed by atoms with Crippen molar-refractivity contribution in [2.75, 3.05) is 13.2 Å². The molecule has 6 heteroatoms. The van der Waals surface area contributed by atoms with Crippen molar-refractivity contribution in [2.45, 2.75) is 25.9 Å². The highest BCUT2D eigenvalue weighted by molar-refractivity contribution is 6.07. The number of hydrogen-bond acceptors (Lipinski definition) is 4. The van der Waals surface area contributed by atoms with Crippen LogP contribution >= 0.6 is 0 Å². The molecule has 0 saturated heterocycles. The first-order valence-electron chi connectivity index (χ1n) is 6.42. The molecule has 110 valence electrons. The Balaban J connectivity index is 2.93. The van der Waals surface area contributed by atoms with Crippen LogP contribution in [0.3, 0.4) is 0 Å². The topological polar surface area (TPSA) is 98.7 Å². The van der Waals surface area contributed by atoms with Gasteiger partial charge in [-0.3, -0.25) is 9.59 Å². The standard InChI is InChI=1S/C14H20N2O4/c1-9(7-17)15-13(19)11-5-3-4-6-12(11)14(20)16-10(2)8-18/h3-6,9-10,17-18H,7-8H2,1-2H3,(H,15,19)(H,16,20)/t9-,10+. The average molecular weight is 280 g/mol. The minimum Gasteiger partial charge on any atom is -0.394 e. The predicted molar refractivity (Wildman–Crippen MR) is 74.5 cm³/mol. The van der Waals surface area contributed by atoms with Crippen LogP contribution in [0.15, 0.2) is 24.3 Å². The van der Waals surface area contributed by atoms with Crippen LogP contribution < -0.4 is 10.6 Å². The van der Waals surface area contributed by atoms with Crippen LogP contribution in [0.2, 0.25) is 0 Å². The first-order valence-corrected chi connectivity index (χ1v) is 6.42. The Labute approximate surface area is 117 Å². The van der Waals surface area contributed by atoms with Gasteiger partial charge < -0.3 is 20.8 Å². The molecule has 1 aromatic rings. The number of rotatable bonds is 6. The van der Waals surface area contributed by atoms with Crippen molar-refractivity contribution >= 4 is 11.8 Å². The summed E-state index contributed by atoms with van der Waals surface area (Å²) >= 11 is 0. The number of aliphatic hydroxyl groups excluding tert-OH is 2. The van der Waals surface area contributed by atoms with Gasteiger partial charge in [0.15, 0.2) is 0 Å². The number of nitrogens with one attached hydrogen (secondary N) is 2. The summed E-state index contributed by atoms with van der Waals surface area (Å²) in [6.45, 7) is 2.96. The number of benzene rings is 1. The normalized spacial score (nSPS) is 13.4. The second kappa shape index (κ2) is 7.62. The van der Waals surface area contributed by atoms with Gasteiger partial charge in [0.05, 0.1) is 24.3 Å². The lowest BCUT2D eigenvalue weighted by atomic mass is 10.1. The van der Waals surface area contributed by atoms with Gasteiger partial charge in [-0.1, -0.05) is 12.1 Å². The molecule has 4 N–H and O–H groups in total. The summed E-state index contributed by atoms with van der Waals surface area (Å²) in [5.41, 5.74) is 0.464. The molecule has 1 rings (SSSR count). The molecule has 0 heterocycles. The second-order valence-corrected chi connectivity index (χ2v) is 4.66. The van der Waals surface area contributed by atoms with E-state index in [-0.39, 0.29) is 24.3 Å². The molecule has 0 aromatic heterocycles. The minimum atomic E-state index is -0.422. The van der Waals surface area contributed by atoms with E-state index in [9.17, 15) is 9.59 Å². The first-order chi connectivity index (χ1) is 9.49. The summed E-state index contributed by atoms with van der Waals surface area (Å²) in [6.07, 6.45) is 0. The summed E-state index contributed by atoms with van der Waals surface area (Å²) < 4.78 is 0. The largest absolute Gasteiger partial charge is 0.394 e. The predicted octanol–water partition coefficient (Wildman–Crippen LogP) is -0.0922. The van der Waals surface area contributed by atoms with Crippen LogP contribution in [0, 0.1) is 0 Å². The molecule has 0 spiro atoms. The lowest BCUT2D eigenvalue weighted by molar-refractivity contribution is 0.0888. The molecule has 0 saturated carbocycles. The van der Waals surface area contributed by atoms with E-state index < -0.39 is 23.9 Å². The molecule has 2 atom stereocenters. The third-order valence-corrected chi connectivity index (χ3v) is 2.72. The fourth-order valence-corrected chi connectivity index (χ4v) is 1.57. The molecule has 0 radical (unpaired) electrons. The lowest BCUT2D eigenvalue weighted by Crippen LogP contribution is -2.38. The molecule has 0 aliphatic rings.